The maximum atomic E-state index is 5.38. The molecule has 1 aliphatic rings. The van der Waals surface area contributed by atoms with Gasteiger partial charge in [-0.3, -0.25) is 0 Å². The molecule has 3 rings (SSSR count). The summed E-state index contributed by atoms with van der Waals surface area (Å²) in [5.41, 5.74) is 2.18. The molecule has 0 bridgehead atoms. The summed E-state index contributed by atoms with van der Waals surface area (Å²) in [6.07, 6.45) is 3.55. The molecule has 0 aliphatic carbocycles. The first kappa shape index (κ1) is 11.4. The highest BCUT2D eigenvalue weighted by Gasteiger charge is 2.21. The molecule has 2 heterocycles. The number of hydrogen-bond donors (Lipinski definition) is 1. The lowest BCUT2D eigenvalue weighted by molar-refractivity contribution is 0.367. The molecule has 1 aromatic heterocycles. The average molecular weight is 243 g/mol. The quantitative estimate of drug-likeness (QED) is 0.881. The van der Waals surface area contributed by atoms with Gasteiger partial charge >= 0.3 is 0 Å². The third-order valence-electron chi connectivity index (χ3n) is 3.44. The first-order valence-corrected chi connectivity index (χ1v) is 6.47. The number of piperidine rings is 1. The zero-order valence-electron chi connectivity index (χ0n) is 10.5. The van der Waals surface area contributed by atoms with E-state index >= 15 is 0 Å². The van der Waals surface area contributed by atoms with Gasteiger partial charge in [0.15, 0.2) is 5.82 Å². The molecule has 4 heteroatoms. The molecule has 0 radical (unpaired) electrons. The van der Waals surface area contributed by atoms with Gasteiger partial charge in [0.25, 0.3) is 5.89 Å². The predicted molar refractivity (Wildman–Crippen MR) is 69.1 cm³/mol. The lowest BCUT2D eigenvalue weighted by Gasteiger charge is -2.19. The van der Waals surface area contributed by atoms with E-state index in [0.717, 1.165) is 29.9 Å². The molecule has 0 saturated carbocycles. The molecular weight excluding hydrogens is 226 g/mol. The molecule has 1 atom stereocenters. The van der Waals surface area contributed by atoms with E-state index in [4.69, 9.17) is 4.52 Å². The summed E-state index contributed by atoms with van der Waals surface area (Å²) in [4.78, 5) is 4.52. The van der Waals surface area contributed by atoms with E-state index in [-0.39, 0.29) is 6.04 Å². The topological polar surface area (TPSA) is 51.0 Å². The molecule has 1 fully saturated rings. The summed E-state index contributed by atoms with van der Waals surface area (Å²) in [6.45, 7) is 3.09. The molecule has 94 valence electrons. The van der Waals surface area contributed by atoms with Gasteiger partial charge in [0.05, 0.1) is 6.04 Å². The van der Waals surface area contributed by atoms with E-state index in [1.807, 2.05) is 18.2 Å². The van der Waals surface area contributed by atoms with Gasteiger partial charge in [-0.15, -0.1) is 0 Å². The number of nitrogens with one attached hydrogen (secondary N) is 1. The van der Waals surface area contributed by atoms with Crippen molar-refractivity contribution in [1.82, 2.24) is 15.5 Å². The Hall–Kier alpha value is -1.68. The fourth-order valence-electron chi connectivity index (χ4n) is 2.37. The predicted octanol–water partition coefficient (Wildman–Crippen LogP) is 2.86. The maximum absolute atomic E-state index is 5.38. The van der Waals surface area contributed by atoms with Crippen LogP contribution in [0.5, 0.6) is 0 Å². The van der Waals surface area contributed by atoms with Crippen molar-refractivity contribution >= 4 is 0 Å². The van der Waals surface area contributed by atoms with Crippen molar-refractivity contribution in [2.24, 2.45) is 0 Å². The van der Waals surface area contributed by atoms with E-state index < -0.39 is 0 Å². The largest absolute Gasteiger partial charge is 0.334 e. The van der Waals surface area contributed by atoms with E-state index in [2.05, 4.69) is 28.4 Å². The molecular formula is C14H17N3O. The van der Waals surface area contributed by atoms with Crippen LogP contribution in [0.25, 0.3) is 11.5 Å². The van der Waals surface area contributed by atoms with Crippen molar-refractivity contribution < 1.29 is 4.52 Å². The van der Waals surface area contributed by atoms with Crippen molar-refractivity contribution in [1.29, 1.82) is 0 Å². The van der Waals surface area contributed by atoms with E-state index in [1.54, 1.807) is 0 Å². The van der Waals surface area contributed by atoms with Crippen molar-refractivity contribution in [3.63, 3.8) is 0 Å². The van der Waals surface area contributed by atoms with Crippen LogP contribution in [-0.4, -0.2) is 16.7 Å². The minimum atomic E-state index is 0.250. The van der Waals surface area contributed by atoms with Gasteiger partial charge in [-0.1, -0.05) is 29.8 Å². The van der Waals surface area contributed by atoms with E-state index in [0.29, 0.717) is 5.89 Å². The molecule has 0 amide bonds. The summed E-state index contributed by atoms with van der Waals surface area (Å²) < 4.78 is 5.38. The van der Waals surface area contributed by atoms with Crippen LogP contribution in [-0.2, 0) is 0 Å². The highest BCUT2D eigenvalue weighted by Crippen LogP contribution is 2.25. The minimum Gasteiger partial charge on any atom is -0.334 e. The van der Waals surface area contributed by atoms with Gasteiger partial charge in [0.1, 0.15) is 0 Å². The van der Waals surface area contributed by atoms with Gasteiger partial charge in [0, 0.05) is 5.56 Å². The zero-order chi connectivity index (χ0) is 12.4. The fourth-order valence-corrected chi connectivity index (χ4v) is 2.37. The Labute approximate surface area is 106 Å². The number of benzene rings is 1. The fraction of sp³-hybridized carbons (Fsp3) is 0.429. The minimum absolute atomic E-state index is 0.250. The standard InChI is InChI=1S/C14H17N3O/c1-10-6-2-3-7-11(10)14-16-13(17-18-14)12-8-4-5-9-15-12/h2-3,6-7,12,15H,4-5,8-9H2,1H3. The molecule has 1 aliphatic heterocycles. The highest BCUT2D eigenvalue weighted by molar-refractivity contribution is 5.57. The number of aryl methyl sites for hydroxylation is 1. The van der Waals surface area contributed by atoms with Crippen LogP contribution in [0.15, 0.2) is 28.8 Å². The highest BCUT2D eigenvalue weighted by atomic mass is 16.5. The average Bonchev–Trinajstić information content (AvgIpc) is 2.90. The number of rotatable bonds is 2. The van der Waals surface area contributed by atoms with Gasteiger partial charge in [-0.25, -0.2) is 0 Å². The Bertz CT molecular complexity index is 529. The van der Waals surface area contributed by atoms with Gasteiger partial charge in [0.2, 0.25) is 0 Å². The second kappa shape index (κ2) is 4.90. The molecule has 1 unspecified atom stereocenters. The maximum Gasteiger partial charge on any atom is 0.258 e. The third-order valence-corrected chi connectivity index (χ3v) is 3.44. The molecule has 0 spiro atoms. The van der Waals surface area contributed by atoms with E-state index in [9.17, 15) is 0 Å². The Morgan fingerprint density at radius 1 is 1.28 bits per heavy atom. The van der Waals surface area contributed by atoms with Gasteiger partial charge in [-0.2, -0.15) is 4.98 Å². The third kappa shape index (κ3) is 2.16. The number of hydrogen-bond acceptors (Lipinski definition) is 4. The van der Waals surface area contributed by atoms with Gasteiger partial charge < -0.3 is 9.84 Å². The Kier molecular flexibility index (Phi) is 3.11. The monoisotopic (exact) mass is 243 g/mol. The Morgan fingerprint density at radius 3 is 2.94 bits per heavy atom. The zero-order valence-corrected chi connectivity index (χ0v) is 10.5. The smallest absolute Gasteiger partial charge is 0.258 e. The first-order valence-electron chi connectivity index (χ1n) is 6.47. The summed E-state index contributed by atoms with van der Waals surface area (Å²) in [7, 11) is 0. The summed E-state index contributed by atoms with van der Waals surface area (Å²) in [6, 6.07) is 8.32. The summed E-state index contributed by atoms with van der Waals surface area (Å²) in [5.74, 6) is 1.41. The summed E-state index contributed by atoms with van der Waals surface area (Å²) in [5, 5.41) is 7.54. The van der Waals surface area contributed by atoms with Crippen LogP contribution in [0.2, 0.25) is 0 Å². The van der Waals surface area contributed by atoms with Crippen molar-refractivity contribution in [2.75, 3.05) is 6.54 Å². The normalized spacial score (nSPS) is 19.9. The van der Waals surface area contributed by atoms with Crippen LogP contribution in [0.1, 0.15) is 36.7 Å². The summed E-state index contributed by atoms with van der Waals surface area (Å²) >= 11 is 0. The van der Waals surface area contributed by atoms with Gasteiger partial charge in [-0.05, 0) is 37.9 Å². The van der Waals surface area contributed by atoms with Crippen LogP contribution in [0.3, 0.4) is 0 Å². The number of aromatic nitrogens is 2. The van der Waals surface area contributed by atoms with Crippen LogP contribution in [0, 0.1) is 6.92 Å². The van der Waals surface area contributed by atoms with Crippen LogP contribution in [0.4, 0.5) is 0 Å². The lowest BCUT2D eigenvalue weighted by atomic mass is 10.0. The first-order chi connectivity index (χ1) is 8.84. The second-order valence-electron chi connectivity index (χ2n) is 4.78. The molecule has 4 nitrogen and oxygen atoms in total. The van der Waals surface area contributed by atoms with Crippen molar-refractivity contribution in [3.05, 3.63) is 35.7 Å². The lowest BCUT2D eigenvalue weighted by Crippen LogP contribution is -2.27. The molecule has 18 heavy (non-hydrogen) atoms. The van der Waals surface area contributed by atoms with Crippen molar-refractivity contribution in [2.45, 2.75) is 32.2 Å². The van der Waals surface area contributed by atoms with Crippen LogP contribution < -0.4 is 5.32 Å². The molecule has 2 aromatic rings. The molecule has 1 saturated heterocycles. The Morgan fingerprint density at radius 2 is 2.17 bits per heavy atom. The van der Waals surface area contributed by atoms with E-state index in [1.165, 1.54) is 12.8 Å². The SMILES string of the molecule is Cc1ccccc1-c1nc(C2CCCCN2)no1. The van der Waals surface area contributed by atoms with Crippen LogP contribution >= 0.6 is 0 Å². The Balaban J connectivity index is 1.87. The molecule has 1 N–H and O–H groups in total. The molecule has 1 aromatic carbocycles. The van der Waals surface area contributed by atoms with Crippen molar-refractivity contribution in [3.8, 4) is 11.5 Å². The number of nitrogens with zero attached hydrogens (tertiary/aromatic N) is 2. The second-order valence-corrected chi connectivity index (χ2v) is 4.78.